The summed E-state index contributed by atoms with van der Waals surface area (Å²) in [4.78, 5) is 11.4. The third-order valence-electron chi connectivity index (χ3n) is 3.36. The first kappa shape index (κ1) is 16.9. The van der Waals surface area contributed by atoms with Gasteiger partial charge in [-0.1, -0.05) is 53.0 Å². The lowest BCUT2D eigenvalue weighted by Gasteiger charge is -2.13. The highest BCUT2D eigenvalue weighted by Crippen LogP contribution is 2.37. The minimum absolute atomic E-state index is 0.111. The molecule has 2 N–H and O–H groups in total. The average molecular weight is 389 g/mol. The molecule has 1 heterocycles. The maximum atomic E-state index is 14.8. The zero-order chi connectivity index (χ0) is 17.4. The van der Waals surface area contributed by atoms with Crippen molar-refractivity contribution in [2.45, 2.75) is 6.30 Å². The third-order valence-corrected chi connectivity index (χ3v) is 4.56. The van der Waals surface area contributed by atoms with Gasteiger partial charge in [-0.15, -0.1) is 0 Å². The van der Waals surface area contributed by atoms with Crippen molar-refractivity contribution in [1.82, 2.24) is 0 Å². The van der Waals surface area contributed by atoms with Gasteiger partial charge < -0.3 is 14.8 Å². The van der Waals surface area contributed by atoms with Crippen LogP contribution < -0.4 is 5.32 Å². The normalized spacial score (nSPS) is 12.3. The van der Waals surface area contributed by atoms with Gasteiger partial charge in [0.2, 0.25) is 12.1 Å². The van der Waals surface area contributed by atoms with Crippen molar-refractivity contribution < 1.29 is 18.7 Å². The third kappa shape index (κ3) is 3.02. The Morgan fingerprint density at radius 2 is 1.79 bits per heavy atom. The summed E-state index contributed by atoms with van der Waals surface area (Å²) in [5.74, 6) is -1.83. The summed E-state index contributed by atoms with van der Waals surface area (Å²) in [5.41, 5.74) is 0.422. The summed E-state index contributed by atoms with van der Waals surface area (Å²) in [6.07, 6.45) is -1.85. The Bertz CT molecular complexity index is 918. The van der Waals surface area contributed by atoms with Crippen LogP contribution in [0.3, 0.4) is 0 Å². The summed E-state index contributed by atoms with van der Waals surface area (Å²) in [5, 5.41) is 12.6. The van der Waals surface area contributed by atoms with Gasteiger partial charge in [0.05, 0.1) is 20.6 Å². The molecular formula is C16H9Cl3FNO3. The molecule has 0 amide bonds. The Balaban J connectivity index is 2.04. The second kappa shape index (κ2) is 6.51. The molecule has 0 radical (unpaired) electrons. The van der Waals surface area contributed by atoms with Crippen molar-refractivity contribution in [3.63, 3.8) is 0 Å². The molecule has 0 bridgehead atoms. The molecule has 124 valence electrons. The molecule has 0 aliphatic heterocycles. The Morgan fingerprint density at radius 1 is 1.17 bits per heavy atom. The summed E-state index contributed by atoms with van der Waals surface area (Å²) in [6, 6.07) is 9.26. The molecule has 0 aliphatic carbocycles. The fourth-order valence-corrected chi connectivity index (χ4v) is 2.93. The standard InChI is InChI=1S/C16H9Cl3FNO3/c17-9-5-7(6-10(18)13(9)19)21-15(20)12-8-3-1-2-4-11(8)24-14(12)16(22)23/h1-6,15,21H,(H,22,23). The smallest absolute Gasteiger partial charge is 0.372 e. The summed E-state index contributed by atoms with van der Waals surface area (Å²) in [7, 11) is 0. The molecular weight excluding hydrogens is 380 g/mol. The molecule has 0 fully saturated rings. The predicted octanol–water partition coefficient (Wildman–Crippen LogP) is 6.17. The number of furan rings is 1. The van der Waals surface area contributed by atoms with E-state index < -0.39 is 18.0 Å². The van der Waals surface area contributed by atoms with E-state index in [9.17, 15) is 14.3 Å². The maximum absolute atomic E-state index is 14.8. The molecule has 8 heteroatoms. The maximum Gasteiger partial charge on any atom is 0.372 e. The average Bonchev–Trinajstić information content (AvgIpc) is 2.92. The summed E-state index contributed by atoms with van der Waals surface area (Å²) < 4.78 is 20.0. The fourth-order valence-electron chi connectivity index (χ4n) is 2.33. The lowest BCUT2D eigenvalue weighted by Crippen LogP contribution is -2.09. The Labute approximate surface area is 150 Å². The van der Waals surface area contributed by atoms with Crippen LogP contribution in [-0.2, 0) is 0 Å². The molecule has 1 atom stereocenters. The zero-order valence-corrected chi connectivity index (χ0v) is 14.1. The van der Waals surface area contributed by atoms with E-state index in [2.05, 4.69) is 5.32 Å². The van der Waals surface area contributed by atoms with Crippen LogP contribution in [-0.4, -0.2) is 11.1 Å². The van der Waals surface area contributed by atoms with Crippen LogP contribution in [0.4, 0.5) is 10.1 Å². The number of benzene rings is 2. The van der Waals surface area contributed by atoms with Gasteiger partial charge in [-0.3, -0.25) is 0 Å². The molecule has 1 unspecified atom stereocenters. The van der Waals surface area contributed by atoms with E-state index >= 15 is 0 Å². The number of anilines is 1. The number of carboxylic acid groups (broad SMARTS) is 1. The minimum Gasteiger partial charge on any atom is -0.475 e. The van der Waals surface area contributed by atoms with Crippen molar-refractivity contribution >= 4 is 57.4 Å². The van der Waals surface area contributed by atoms with Crippen LogP contribution >= 0.6 is 34.8 Å². The molecule has 0 saturated carbocycles. The van der Waals surface area contributed by atoms with Gasteiger partial charge in [-0.05, 0) is 18.2 Å². The van der Waals surface area contributed by atoms with E-state index in [4.69, 9.17) is 39.2 Å². The number of para-hydroxylation sites is 1. The minimum atomic E-state index is -1.85. The summed E-state index contributed by atoms with van der Waals surface area (Å²) in [6.45, 7) is 0. The van der Waals surface area contributed by atoms with Crippen molar-refractivity contribution in [3.05, 3.63) is 62.8 Å². The number of hydrogen-bond acceptors (Lipinski definition) is 3. The fraction of sp³-hybridized carbons (Fsp3) is 0.0625. The molecule has 3 aromatic rings. The second-order valence-electron chi connectivity index (χ2n) is 4.91. The van der Waals surface area contributed by atoms with Gasteiger partial charge in [-0.25, -0.2) is 9.18 Å². The van der Waals surface area contributed by atoms with E-state index in [1.165, 1.54) is 12.1 Å². The molecule has 1 aromatic heterocycles. The Kier molecular flexibility index (Phi) is 4.58. The van der Waals surface area contributed by atoms with E-state index in [0.717, 1.165) is 0 Å². The number of rotatable bonds is 4. The Morgan fingerprint density at radius 3 is 2.42 bits per heavy atom. The van der Waals surface area contributed by atoms with Crippen LogP contribution in [0.25, 0.3) is 11.0 Å². The number of fused-ring (bicyclic) bond motifs is 1. The Hall–Kier alpha value is -1.95. The van der Waals surface area contributed by atoms with Crippen molar-refractivity contribution in [1.29, 1.82) is 0 Å². The predicted molar refractivity (Wildman–Crippen MR) is 92.1 cm³/mol. The number of nitrogens with one attached hydrogen (secondary N) is 1. The molecule has 0 saturated heterocycles. The lowest BCUT2D eigenvalue weighted by molar-refractivity contribution is 0.0661. The van der Waals surface area contributed by atoms with Crippen LogP contribution in [0.1, 0.15) is 22.4 Å². The van der Waals surface area contributed by atoms with Crippen molar-refractivity contribution in [3.8, 4) is 0 Å². The summed E-state index contributed by atoms with van der Waals surface area (Å²) >= 11 is 17.7. The zero-order valence-electron chi connectivity index (χ0n) is 11.8. The highest BCUT2D eigenvalue weighted by molar-refractivity contribution is 6.48. The molecule has 2 aromatic carbocycles. The topological polar surface area (TPSA) is 62.5 Å². The number of hydrogen-bond donors (Lipinski definition) is 2. The first-order chi connectivity index (χ1) is 11.4. The van der Waals surface area contributed by atoms with Crippen LogP contribution in [0.15, 0.2) is 40.8 Å². The number of carboxylic acids is 1. The van der Waals surface area contributed by atoms with Gasteiger partial charge in [0.15, 0.2) is 0 Å². The molecule has 3 rings (SSSR count). The largest absolute Gasteiger partial charge is 0.475 e. The number of aromatic carboxylic acids is 1. The van der Waals surface area contributed by atoms with E-state index in [-0.39, 0.29) is 31.9 Å². The first-order valence-electron chi connectivity index (χ1n) is 6.68. The molecule has 0 aliphatic rings. The molecule has 4 nitrogen and oxygen atoms in total. The highest BCUT2D eigenvalue weighted by atomic mass is 35.5. The van der Waals surface area contributed by atoms with Crippen LogP contribution in [0, 0.1) is 0 Å². The molecule has 0 spiro atoms. The van der Waals surface area contributed by atoms with E-state index in [1.54, 1.807) is 24.3 Å². The monoisotopic (exact) mass is 387 g/mol. The van der Waals surface area contributed by atoms with Gasteiger partial charge in [-0.2, -0.15) is 0 Å². The van der Waals surface area contributed by atoms with Crippen LogP contribution in [0.5, 0.6) is 0 Å². The number of halogens is 4. The van der Waals surface area contributed by atoms with Gasteiger partial charge in [0.25, 0.3) is 0 Å². The number of alkyl halides is 1. The van der Waals surface area contributed by atoms with Gasteiger partial charge in [0, 0.05) is 11.1 Å². The number of carbonyl (C=O) groups is 1. The second-order valence-corrected chi connectivity index (χ2v) is 6.10. The molecule has 24 heavy (non-hydrogen) atoms. The highest BCUT2D eigenvalue weighted by Gasteiger charge is 2.26. The lowest BCUT2D eigenvalue weighted by atomic mass is 10.1. The SMILES string of the molecule is O=C(O)c1oc2ccccc2c1C(F)Nc1cc(Cl)c(Cl)c(Cl)c1. The first-order valence-corrected chi connectivity index (χ1v) is 7.81. The van der Waals surface area contributed by atoms with Crippen molar-refractivity contribution in [2.75, 3.05) is 5.32 Å². The van der Waals surface area contributed by atoms with Crippen molar-refractivity contribution in [2.24, 2.45) is 0 Å². The van der Waals surface area contributed by atoms with Crippen LogP contribution in [0.2, 0.25) is 15.1 Å². The van der Waals surface area contributed by atoms with E-state index in [0.29, 0.717) is 5.39 Å². The van der Waals surface area contributed by atoms with Gasteiger partial charge >= 0.3 is 5.97 Å². The van der Waals surface area contributed by atoms with Gasteiger partial charge in [0.1, 0.15) is 5.58 Å². The quantitative estimate of drug-likeness (QED) is 0.414. The van der Waals surface area contributed by atoms with E-state index in [1.807, 2.05) is 0 Å².